The van der Waals surface area contributed by atoms with Gasteiger partial charge >= 0.3 is 5.97 Å². The van der Waals surface area contributed by atoms with E-state index in [0.717, 1.165) is 19.6 Å². The number of nitrogens with one attached hydrogen (secondary N) is 1. The molecule has 0 spiro atoms. The van der Waals surface area contributed by atoms with E-state index in [1.165, 1.54) is 39.2 Å². The van der Waals surface area contributed by atoms with Crippen molar-refractivity contribution < 1.29 is 14.3 Å². The maximum atomic E-state index is 11.1. The summed E-state index contributed by atoms with van der Waals surface area (Å²) in [6.07, 6.45) is 7.82. The van der Waals surface area contributed by atoms with Crippen LogP contribution in [-0.2, 0) is 14.3 Å². The second-order valence-electron chi connectivity index (χ2n) is 4.68. The molecule has 0 amide bonds. The smallest absolute Gasteiger partial charge is 0.322 e. The van der Waals surface area contributed by atoms with E-state index >= 15 is 0 Å². The Labute approximate surface area is 104 Å². The lowest BCUT2D eigenvalue weighted by atomic mass is 9.98. The minimum absolute atomic E-state index is 0.210. The number of hydrogen-bond donors (Lipinski definition) is 1. The third-order valence-electron chi connectivity index (χ3n) is 3.23. The Bertz CT molecular complexity index is 215. The Morgan fingerprint density at radius 2 is 2.06 bits per heavy atom. The third-order valence-corrected chi connectivity index (χ3v) is 3.23. The van der Waals surface area contributed by atoms with Crippen LogP contribution in [0, 0.1) is 0 Å². The van der Waals surface area contributed by atoms with Gasteiger partial charge in [0.2, 0.25) is 0 Å². The lowest BCUT2D eigenvalue weighted by Gasteiger charge is -2.22. The standard InChI is InChI=1S/C13H25NO3/c1-11(13(15)16-2)14-9-6-10-17-12-7-4-3-5-8-12/h11-12,14H,3-10H2,1-2H3. The summed E-state index contributed by atoms with van der Waals surface area (Å²) in [4.78, 5) is 11.1. The quantitative estimate of drug-likeness (QED) is 0.548. The first kappa shape index (κ1) is 14.5. The molecule has 1 atom stereocenters. The fraction of sp³-hybridized carbons (Fsp3) is 0.923. The first-order valence-corrected chi connectivity index (χ1v) is 6.67. The van der Waals surface area contributed by atoms with Gasteiger partial charge in [0.05, 0.1) is 13.2 Å². The largest absolute Gasteiger partial charge is 0.468 e. The number of rotatable bonds is 7. The highest BCUT2D eigenvalue weighted by molar-refractivity contribution is 5.74. The molecule has 1 aliphatic rings. The van der Waals surface area contributed by atoms with E-state index in [1.807, 2.05) is 6.92 Å². The van der Waals surface area contributed by atoms with Crippen molar-refractivity contribution in [2.75, 3.05) is 20.3 Å². The van der Waals surface area contributed by atoms with Crippen LogP contribution in [0.25, 0.3) is 0 Å². The first-order chi connectivity index (χ1) is 8.24. The molecule has 0 aromatic carbocycles. The van der Waals surface area contributed by atoms with Crippen LogP contribution in [-0.4, -0.2) is 38.4 Å². The molecule has 0 saturated heterocycles. The number of esters is 1. The van der Waals surface area contributed by atoms with Gasteiger partial charge in [-0.1, -0.05) is 19.3 Å². The SMILES string of the molecule is COC(=O)C(C)NCCCOC1CCCCC1. The molecule has 0 radical (unpaired) electrons. The number of carbonyl (C=O) groups is 1. The molecule has 1 rings (SSSR count). The predicted molar refractivity (Wildman–Crippen MR) is 66.9 cm³/mol. The summed E-state index contributed by atoms with van der Waals surface area (Å²) in [5.74, 6) is -0.210. The van der Waals surface area contributed by atoms with E-state index in [9.17, 15) is 4.79 Å². The van der Waals surface area contributed by atoms with Crippen LogP contribution in [0.2, 0.25) is 0 Å². The Morgan fingerprint density at radius 1 is 1.35 bits per heavy atom. The second kappa shape index (κ2) is 8.48. The maximum Gasteiger partial charge on any atom is 0.322 e. The molecule has 1 saturated carbocycles. The summed E-state index contributed by atoms with van der Waals surface area (Å²) in [6, 6.07) is -0.227. The number of methoxy groups -OCH3 is 1. The van der Waals surface area contributed by atoms with Gasteiger partial charge in [0.15, 0.2) is 0 Å². The van der Waals surface area contributed by atoms with Gasteiger partial charge in [-0.25, -0.2) is 0 Å². The molecule has 1 aliphatic carbocycles. The van der Waals surface area contributed by atoms with E-state index in [2.05, 4.69) is 10.1 Å². The van der Waals surface area contributed by atoms with Crippen LogP contribution < -0.4 is 5.32 Å². The fourth-order valence-corrected chi connectivity index (χ4v) is 2.13. The van der Waals surface area contributed by atoms with Crippen LogP contribution in [0.3, 0.4) is 0 Å². The molecule has 0 bridgehead atoms. The molecule has 4 heteroatoms. The fourth-order valence-electron chi connectivity index (χ4n) is 2.13. The highest BCUT2D eigenvalue weighted by Crippen LogP contribution is 2.20. The lowest BCUT2D eigenvalue weighted by molar-refractivity contribution is -0.142. The molecule has 0 heterocycles. The Hall–Kier alpha value is -0.610. The van der Waals surface area contributed by atoms with Gasteiger partial charge in [0.25, 0.3) is 0 Å². The summed E-state index contributed by atoms with van der Waals surface area (Å²) in [5.41, 5.74) is 0. The van der Waals surface area contributed by atoms with Crippen molar-refractivity contribution in [3.8, 4) is 0 Å². The Balaban J connectivity index is 1.95. The van der Waals surface area contributed by atoms with Crippen LogP contribution >= 0.6 is 0 Å². The van der Waals surface area contributed by atoms with Gasteiger partial charge in [0, 0.05) is 6.61 Å². The van der Waals surface area contributed by atoms with E-state index in [-0.39, 0.29) is 12.0 Å². The average molecular weight is 243 g/mol. The van der Waals surface area contributed by atoms with Gasteiger partial charge in [-0.3, -0.25) is 4.79 Å². The van der Waals surface area contributed by atoms with Crippen LogP contribution in [0.1, 0.15) is 45.4 Å². The van der Waals surface area contributed by atoms with Gasteiger partial charge in [-0.05, 0) is 32.7 Å². The minimum atomic E-state index is -0.227. The molecular formula is C13H25NO3. The molecule has 1 fully saturated rings. The first-order valence-electron chi connectivity index (χ1n) is 6.67. The van der Waals surface area contributed by atoms with Gasteiger partial charge in [-0.2, -0.15) is 0 Å². The monoisotopic (exact) mass is 243 g/mol. The zero-order chi connectivity index (χ0) is 12.5. The molecule has 100 valence electrons. The van der Waals surface area contributed by atoms with Crippen molar-refractivity contribution in [1.29, 1.82) is 0 Å². The average Bonchev–Trinajstić information content (AvgIpc) is 2.38. The molecule has 1 N–H and O–H groups in total. The van der Waals surface area contributed by atoms with Crippen molar-refractivity contribution in [2.45, 2.75) is 57.6 Å². The Morgan fingerprint density at radius 3 is 2.71 bits per heavy atom. The van der Waals surface area contributed by atoms with Crippen molar-refractivity contribution in [3.05, 3.63) is 0 Å². The van der Waals surface area contributed by atoms with E-state index in [4.69, 9.17) is 4.74 Å². The zero-order valence-corrected chi connectivity index (χ0v) is 11.0. The maximum absolute atomic E-state index is 11.1. The van der Waals surface area contributed by atoms with Crippen LogP contribution in [0.15, 0.2) is 0 Å². The minimum Gasteiger partial charge on any atom is -0.468 e. The number of ether oxygens (including phenoxy) is 2. The lowest BCUT2D eigenvalue weighted by Crippen LogP contribution is -2.35. The summed E-state index contributed by atoms with van der Waals surface area (Å²) in [6.45, 7) is 3.39. The normalized spacial score (nSPS) is 18.9. The van der Waals surface area contributed by atoms with E-state index in [0.29, 0.717) is 6.10 Å². The summed E-state index contributed by atoms with van der Waals surface area (Å²) in [5, 5.41) is 3.12. The highest BCUT2D eigenvalue weighted by Gasteiger charge is 2.14. The molecule has 0 aromatic heterocycles. The van der Waals surface area contributed by atoms with Crippen molar-refractivity contribution in [1.82, 2.24) is 5.32 Å². The molecular weight excluding hydrogens is 218 g/mol. The summed E-state index contributed by atoms with van der Waals surface area (Å²) < 4.78 is 10.4. The van der Waals surface area contributed by atoms with Crippen molar-refractivity contribution >= 4 is 5.97 Å². The Kier molecular flexibility index (Phi) is 7.21. The third kappa shape index (κ3) is 6.03. The topological polar surface area (TPSA) is 47.6 Å². The van der Waals surface area contributed by atoms with Gasteiger partial charge < -0.3 is 14.8 Å². The van der Waals surface area contributed by atoms with E-state index < -0.39 is 0 Å². The highest BCUT2D eigenvalue weighted by atomic mass is 16.5. The molecule has 17 heavy (non-hydrogen) atoms. The van der Waals surface area contributed by atoms with Crippen LogP contribution in [0.4, 0.5) is 0 Å². The molecule has 0 aliphatic heterocycles. The number of carbonyl (C=O) groups excluding carboxylic acids is 1. The predicted octanol–water partition coefficient (Wildman–Crippen LogP) is 1.88. The summed E-state index contributed by atoms with van der Waals surface area (Å²) in [7, 11) is 1.41. The molecule has 1 unspecified atom stereocenters. The second-order valence-corrected chi connectivity index (χ2v) is 4.68. The zero-order valence-electron chi connectivity index (χ0n) is 11.0. The molecule has 4 nitrogen and oxygen atoms in total. The van der Waals surface area contributed by atoms with Crippen molar-refractivity contribution in [3.63, 3.8) is 0 Å². The van der Waals surface area contributed by atoms with Gasteiger partial charge in [0.1, 0.15) is 6.04 Å². The van der Waals surface area contributed by atoms with Crippen LogP contribution in [0.5, 0.6) is 0 Å². The van der Waals surface area contributed by atoms with Gasteiger partial charge in [-0.15, -0.1) is 0 Å². The van der Waals surface area contributed by atoms with Crippen molar-refractivity contribution in [2.24, 2.45) is 0 Å². The summed E-state index contributed by atoms with van der Waals surface area (Å²) >= 11 is 0. The molecule has 0 aromatic rings. The van der Waals surface area contributed by atoms with E-state index in [1.54, 1.807) is 0 Å². The number of hydrogen-bond acceptors (Lipinski definition) is 4.